The lowest BCUT2D eigenvalue weighted by atomic mass is 10.1. The van der Waals surface area contributed by atoms with Crippen molar-refractivity contribution in [3.63, 3.8) is 0 Å². The van der Waals surface area contributed by atoms with Gasteiger partial charge >= 0.3 is 0 Å². The SMILES string of the molecule is CC#CCn1c(NCC(C)(C)N)nc2cnn(Cc3ccccc3C#N)c(=O)c21. The van der Waals surface area contributed by atoms with Crippen LogP contribution in [0.15, 0.2) is 35.3 Å². The largest absolute Gasteiger partial charge is 0.354 e. The highest BCUT2D eigenvalue weighted by molar-refractivity contribution is 5.77. The number of imidazole rings is 1. The lowest BCUT2D eigenvalue weighted by molar-refractivity contribution is 0.546. The number of nitrogens with one attached hydrogen (secondary N) is 1. The lowest BCUT2D eigenvalue weighted by Crippen LogP contribution is -2.40. The minimum atomic E-state index is -0.446. The van der Waals surface area contributed by atoms with Crippen LogP contribution in [-0.2, 0) is 13.1 Å². The van der Waals surface area contributed by atoms with Crippen LogP contribution in [0.25, 0.3) is 11.0 Å². The van der Waals surface area contributed by atoms with E-state index in [1.165, 1.54) is 4.68 Å². The minimum absolute atomic E-state index is 0.196. The summed E-state index contributed by atoms with van der Waals surface area (Å²) in [7, 11) is 0. The molecule has 0 saturated heterocycles. The van der Waals surface area contributed by atoms with E-state index in [0.717, 1.165) is 5.56 Å². The third kappa shape index (κ3) is 4.45. The van der Waals surface area contributed by atoms with E-state index in [1.54, 1.807) is 29.8 Å². The smallest absolute Gasteiger partial charge is 0.293 e. The number of hydrogen-bond acceptors (Lipinski definition) is 6. The first-order chi connectivity index (χ1) is 13.8. The number of aromatic nitrogens is 4. The Morgan fingerprint density at radius 2 is 2.07 bits per heavy atom. The molecule has 29 heavy (non-hydrogen) atoms. The zero-order valence-corrected chi connectivity index (χ0v) is 16.7. The van der Waals surface area contributed by atoms with E-state index in [2.05, 4.69) is 33.3 Å². The second kappa shape index (κ2) is 8.17. The summed E-state index contributed by atoms with van der Waals surface area (Å²) < 4.78 is 3.08. The van der Waals surface area contributed by atoms with Gasteiger partial charge < -0.3 is 11.1 Å². The van der Waals surface area contributed by atoms with Crippen molar-refractivity contribution in [1.82, 2.24) is 19.3 Å². The Labute approximate surface area is 169 Å². The Morgan fingerprint density at radius 1 is 1.31 bits per heavy atom. The number of nitrogens with two attached hydrogens (primary N) is 1. The van der Waals surface area contributed by atoms with Gasteiger partial charge in [-0.2, -0.15) is 10.4 Å². The third-order valence-corrected chi connectivity index (χ3v) is 4.32. The first-order valence-electron chi connectivity index (χ1n) is 9.21. The van der Waals surface area contributed by atoms with E-state index in [-0.39, 0.29) is 12.1 Å². The van der Waals surface area contributed by atoms with Crippen LogP contribution in [0.2, 0.25) is 0 Å². The van der Waals surface area contributed by atoms with Gasteiger partial charge in [0.1, 0.15) is 11.0 Å². The van der Waals surface area contributed by atoms with Crippen molar-refractivity contribution in [1.29, 1.82) is 5.26 Å². The normalized spacial score (nSPS) is 11.0. The molecule has 1 aromatic carbocycles. The van der Waals surface area contributed by atoms with Crippen LogP contribution in [-0.4, -0.2) is 31.4 Å². The number of nitriles is 1. The first kappa shape index (κ1) is 20.1. The number of fused-ring (bicyclic) bond motifs is 1. The molecule has 0 aliphatic carbocycles. The van der Waals surface area contributed by atoms with Crippen molar-refractivity contribution in [2.45, 2.75) is 39.4 Å². The summed E-state index contributed by atoms with van der Waals surface area (Å²) in [5.41, 5.74) is 7.46. The molecule has 3 rings (SSSR count). The van der Waals surface area contributed by atoms with E-state index in [0.29, 0.717) is 35.6 Å². The van der Waals surface area contributed by atoms with Gasteiger partial charge in [0.25, 0.3) is 5.56 Å². The van der Waals surface area contributed by atoms with E-state index >= 15 is 0 Å². The molecule has 0 aliphatic rings. The molecule has 3 aromatic rings. The average Bonchev–Trinajstić information content (AvgIpc) is 3.05. The van der Waals surface area contributed by atoms with Crippen LogP contribution in [0.1, 0.15) is 31.9 Å². The van der Waals surface area contributed by atoms with Crippen molar-refractivity contribution in [2.75, 3.05) is 11.9 Å². The van der Waals surface area contributed by atoms with Crippen LogP contribution in [0.5, 0.6) is 0 Å². The number of hydrogen-bond donors (Lipinski definition) is 2. The third-order valence-electron chi connectivity index (χ3n) is 4.32. The molecule has 0 atom stereocenters. The van der Waals surface area contributed by atoms with Crippen LogP contribution in [0, 0.1) is 23.2 Å². The maximum atomic E-state index is 13.2. The Kier molecular flexibility index (Phi) is 5.67. The van der Waals surface area contributed by atoms with Crippen LogP contribution in [0.3, 0.4) is 0 Å². The number of anilines is 1. The predicted octanol–water partition coefficient (Wildman–Crippen LogP) is 1.69. The molecule has 148 valence electrons. The average molecular weight is 389 g/mol. The van der Waals surface area contributed by atoms with Crippen molar-refractivity contribution in [2.24, 2.45) is 5.73 Å². The Hall–Kier alpha value is -3.62. The molecule has 0 fully saturated rings. The topological polar surface area (TPSA) is 115 Å². The zero-order chi connectivity index (χ0) is 21.0. The fourth-order valence-electron chi connectivity index (χ4n) is 2.88. The first-order valence-corrected chi connectivity index (χ1v) is 9.21. The highest BCUT2D eigenvalue weighted by atomic mass is 16.1. The Morgan fingerprint density at radius 3 is 2.76 bits per heavy atom. The molecule has 0 unspecified atom stereocenters. The number of rotatable bonds is 6. The molecule has 2 heterocycles. The molecule has 2 aromatic heterocycles. The summed E-state index contributed by atoms with van der Waals surface area (Å²) in [5, 5.41) is 16.8. The second-order valence-electron chi connectivity index (χ2n) is 7.40. The summed E-state index contributed by atoms with van der Waals surface area (Å²) in [6.45, 7) is 6.54. The highest BCUT2D eigenvalue weighted by Crippen LogP contribution is 2.17. The van der Waals surface area contributed by atoms with Gasteiger partial charge in [0.2, 0.25) is 5.95 Å². The van der Waals surface area contributed by atoms with Crippen molar-refractivity contribution in [3.05, 3.63) is 51.9 Å². The molecule has 0 aliphatic heterocycles. The van der Waals surface area contributed by atoms with Gasteiger partial charge in [0, 0.05) is 12.1 Å². The van der Waals surface area contributed by atoms with Crippen LogP contribution in [0.4, 0.5) is 5.95 Å². The number of benzene rings is 1. The quantitative estimate of drug-likeness (QED) is 0.620. The molecule has 0 spiro atoms. The molecule has 0 radical (unpaired) electrons. The van der Waals surface area contributed by atoms with Gasteiger partial charge in [-0.05, 0) is 32.4 Å². The molecule has 0 saturated carbocycles. The van der Waals surface area contributed by atoms with Gasteiger partial charge in [-0.3, -0.25) is 9.36 Å². The van der Waals surface area contributed by atoms with E-state index in [1.807, 2.05) is 26.0 Å². The Bertz CT molecular complexity index is 1200. The highest BCUT2D eigenvalue weighted by Gasteiger charge is 2.18. The number of nitrogens with zero attached hydrogens (tertiary/aromatic N) is 5. The molecule has 8 heteroatoms. The van der Waals surface area contributed by atoms with Gasteiger partial charge in [-0.15, -0.1) is 5.92 Å². The fraction of sp³-hybridized carbons (Fsp3) is 0.333. The van der Waals surface area contributed by atoms with Gasteiger partial charge in [-0.1, -0.05) is 24.1 Å². The van der Waals surface area contributed by atoms with Crippen LogP contribution < -0.4 is 16.6 Å². The summed E-state index contributed by atoms with van der Waals surface area (Å²) in [5.74, 6) is 6.36. The van der Waals surface area contributed by atoms with Crippen molar-refractivity contribution in [3.8, 4) is 17.9 Å². The Balaban J connectivity index is 2.09. The second-order valence-corrected chi connectivity index (χ2v) is 7.40. The van der Waals surface area contributed by atoms with Crippen LogP contribution >= 0.6 is 0 Å². The standard InChI is InChI=1S/C21H23N7O/c1-4-5-10-27-18-17(26-20(27)24-14-21(2,3)23)12-25-28(19(18)29)13-16-9-7-6-8-15(16)11-22/h6-9,12H,10,13-14,23H2,1-3H3,(H,24,26). The zero-order valence-electron chi connectivity index (χ0n) is 16.7. The summed E-state index contributed by atoms with van der Waals surface area (Å²) in [4.78, 5) is 17.7. The molecular weight excluding hydrogens is 366 g/mol. The van der Waals surface area contributed by atoms with Gasteiger partial charge in [0.05, 0.1) is 30.9 Å². The van der Waals surface area contributed by atoms with Gasteiger partial charge in [0.15, 0.2) is 0 Å². The molecule has 8 nitrogen and oxygen atoms in total. The molecule has 0 bridgehead atoms. The van der Waals surface area contributed by atoms with E-state index in [4.69, 9.17) is 5.73 Å². The van der Waals surface area contributed by atoms with E-state index in [9.17, 15) is 10.1 Å². The predicted molar refractivity (Wildman–Crippen MR) is 112 cm³/mol. The van der Waals surface area contributed by atoms with Gasteiger partial charge in [-0.25, -0.2) is 9.67 Å². The lowest BCUT2D eigenvalue weighted by Gasteiger charge is -2.19. The summed E-state index contributed by atoms with van der Waals surface area (Å²) in [6.07, 6.45) is 1.56. The molecule has 3 N–H and O–H groups in total. The maximum Gasteiger partial charge on any atom is 0.293 e. The van der Waals surface area contributed by atoms with Crippen molar-refractivity contribution >= 4 is 17.0 Å². The molecule has 0 amide bonds. The maximum absolute atomic E-state index is 13.2. The minimum Gasteiger partial charge on any atom is -0.354 e. The fourth-order valence-corrected chi connectivity index (χ4v) is 2.88. The summed E-state index contributed by atoms with van der Waals surface area (Å²) in [6, 6.07) is 9.30. The van der Waals surface area contributed by atoms with Crippen molar-refractivity contribution < 1.29 is 0 Å². The van der Waals surface area contributed by atoms with E-state index < -0.39 is 5.54 Å². The molecular formula is C21H23N7O. The summed E-state index contributed by atoms with van der Waals surface area (Å²) >= 11 is 0. The monoisotopic (exact) mass is 389 g/mol.